The van der Waals surface area contributed by atoms with Crippen molar-refractivity contribution in [2.24, 2.45) is 0 Å². The SMILES string of the molecule is O=C([O-])CC(NC(=O)CP(=O)(O)O)C(=O)[O-]. The molecule has 0 radical (unpaired) electrons. The van der Waals surface area contributed by atoms with Crippen LogP contribution < -0.4 is 15.5 Å². The van der Waals surface area contributed by atoms with Crippen molar-refractivity contribution in [2.75, 3.05) is 6.16 Å². The fourth-order valence-corrected chi connectivity index (χ4v) is 1.25. The lowest BCUT2D eigenvalue weighted by molar-refractivity contribution is -0.317. The fraction of sp³-hybridized carbons (Fsp3) is 0.500. The lowest BCUT2D eigenvalue weighted by Gasteiger charge is -2.20. The molecule has 0 heterocycles. The normalized spacial score (nSPS) is 12.9. The topological polar surface area (TPSA) is 167 Å². The van der Waals surface area contributed by atoms with Crippen LogP contribution in [-0.4, -0.2) is 39.8 Å². The van der Waals surface area contributed by atoms with Crippen molar-refractivity contribution in [1.29, 1.82) is 0 Å². The van der Waals surface area contributed by atoms with Crippen LogP contribution in [0.25, 0.3) is 0 Å². The van der Waals surface area contributed by atoms with Gasteiger partial charge in [-0.2, -0.15) is 0 Å². The summed E-state index contributed by atoms with van der Waals surface area (Å²) in [7, 11) is -4.63. The first-order valence-corrected chi connectivity index (χ1v) is 5.66. The molecule has 1 atom stereocenters. The number of amides is 1. The van der Waals surface area contributed by atoms with Gasteiger partial charge in [0.05, 0.1) is 12.0 Å². The average molecular weight is 253 g/mol. The van der Waals surface area contributed by atoms with Gasteiger partial charge in [-0.15, -0.1) is 0 Å². The van der Waals surface area contributed by atoms with Gasteiger partial charge in [0.2, 0.25) is 5.91 Å². The number of carbonyl (C=O) groups is 3. The molecular weight excluding hydrogens is 245 g/mol. The van der Waals surface area contributed by atoms with Gasteiger partial charge in [0.25, 0.3) is 0 Å². The third-order valence-electron chi connectivity index (χ3n) is 1.34. The molecule has 3 N–H and O–H groups in total. The second kappa shape index (κ2) is 5.59. The minimum absolute atomic E-state index is 1.05. The molecule has 92 valence electrons. The van der Waals surface area contributed by atoms with Gasteiger partial charge in [-0.25, -0.2) is 0 Å². The molecule has 10 heteroatoms. The summed E-state index contributed by atoms with van der Waals surface area (Å²) in [5.41, 5.74) is 0. The quantitative estimate of drug-likeness (QED) is 0.398. The predicted octanol–water partition coefficient (Wildman–Crippen LogP) is -4.46. The van der Waals surface area contributed by atoms with Gasteiger partial charge in [0.1, 0.15) is 6.16 Å². The minimum atomic E-state index is -4.63. The number of hydrogen-bond donors (Lipinski definition) is 3. The number of aliphatic carboxylic acids is 2. The summed E-state index contributed by atoms with van der Waals surface area (Å²) >= 11 is 0. The highest BCUT2D eigenvalue weighted by Crippen LogP contribution is 2.33. The third kappa shape index (κ3) is 6.93. The van der Waals surface area contributed by atoms with Crippen molar-refractivity contribution in [1.82, 2.24) is 5.32 Å². The Balaban J connectivity index is 4.41. The summed E-state index contributed by atoms with van der Waals surface area (Å²) in [4.78, 5) is 48.0. The number of carboxylic acids is 2. The van der Waals surface area contributed by atoms with Crippen molar-refractivity contribution in [3.8, 4) is 0 Å². The van der Waals surface area contributed by atoms with Crippen LogP contribution >= 0.6 is 7.60 Å². The average Bonchev–Trinajstić information content (AvgIpc) is 1.97. The highest BCUT2D eigenvalue weighted by atomic mass is 31.2. The second-order valence-corrected chi connectivity index (χ2v) is 4.48. The van der Waals surface area contributed by atoms with Crippen LogP contribution in [0.15, 0.2) is 0 Å². The van der Waals surface area contributed by atoms with Crippen LogP contribution in [-0.2, 0) is 18.9 Å². The lowest BCUT2D eigenvalue weighted by Crippen LogP contribution is -2.51. The molecular formula is C6H8NO8P-2. The Morgan fingerprint density at radius 2 is 1.75 bits per heavy atom. The summed E-state index contributed by atoms with van der Waals surface area (Å²) in [5.74, 6) is -4.92. The van der Waals surface area contributed by atoms with Gasteiger partial charge in [0.15, 0.2) is 0 Å². The molecule has 1 amide bonds. The van der Waals surface area contributed by atoms with Gasteiger partial charge in [-0.3, -0.25) is 9.36 Å². The molecule has 0 aliphatic rings. The molecule has 0 bridgehead atoms. The second-order valence-electron chi connectivity index (χ2n) is 2.84. The van der Waals surface area contributed by atoms with E-state index in [0.717, 1.165) is 0 Å². The largest absolute Gasteiger partial charge is 0.550 e. The Bertz CT molecular complexity index is 346. The van der Waals surface area contributed by atoms with Crippen molar-refractivity contribution in [3.63, 3.8) is 0 Å². The zero-order valence-corrected chi connectivity index (χ0v) is 8.68. The van der Waals surface area contributed by atoms with Crippen molar-refractivity contribution >= 4 is 25.4 Å². The monoisotopic (exact) mass is 253 g/mol. The summed E-state index contributed by atoms with van der Waals surface area (Å²) in [5, 5.41) is 22.0. The minimum Gasteiger partial charge on any atom is -0.550 e. The molecule has 0 aromatic carbocycles. The summed E-state index contributed by atoms with van der Waals surface area (Å²) in [6, 6.07) is -1.89. The molecule has 0 rings (SSSR count). The van der Waals surface area contributed by atoms with E-state index in [-0.39, 0.29) is 0 Å². The standard InChI is InChI=1S/C6H10NO8P/c8-4(2-16(13,14)15)7-3(6(11)12)1-5(9)10/h3H,1-2H2,(H,7,8)(H,9,10)(H,11,12)(H2,13,14,15)/p-2. The van der Waals surface area contributed by atoms with Crippen molar-refractivity contribution in [3.05, 3.63) is 0 Å². The van der Waals surface area contributed by atoms with Crippen LogP contribution in [0.2, 0.25) is 0 Å². The summed E-state index contributed by atoms with van der Waals surface area (Å²) in [6.07, 6.45) is -2.28. The molecule has 16 heavy (non-hydrogen) atoms. The Labute approximate surface area is 89.2 Å². The smallest absolute Gasteiger partial charge is 0.334 e. The Kier molecular flexibility index (Phi) is 5.09. The van der Waals surface area contributed by atoms with Crippen LogP contribution in [0, 0.1) is 0 Å². The van der Waals surface area contributed by atoms with Crippen molar-refractivity contribution < 1.29 is 38.9 Å². The zero-order valence-electron chi connectivity index (χ0n) is 7.78. The highest BCUT2D eigenvalue weighted by molar-refractivity contribution is 7.52. The Hall–Kier alpha value is -1.44. The Morgan fingerprint density at radius 3 is 2.06 bits per heavy atom. The highest BCUT2D eigenvalue weighted by Gasteiger charge is 2.21. The molecule has 0 aliphatic carbocycles. The van der Waals surface area contributed by atoms with Crippen molar-refractivity contribution in [2.45, 2.75) is 12.5 Å². The molecule has 9 nitrogen and oxygen atoms in total. The van der Waals surface area contributed by atoms with Crippen LogP contribution in [0.5, 0.6) is 0 Å². The molecule has 0 saturated carbocycles. The fourth-order valence-electron chi connectivity index (χ4n) is 0.787. The molecule has 0 aromatic heterocycles. The van der Waals surface area contributed by atoms with E-state index < -0.39 is 44.1 Å². The number of carbonyl (C=O) groups excluding carboxylic acids is 3. The summed E-state index contributed by atoms with van der Waals surface area (Å²) in [6.45, 7) is 0. The lowest BCUT2D eigenvalue weighted by atomic mass is 10.2. The van der Waals surface area contributed by atoms with Gasteiger partial charge in [-0.05, 0) is 0 Å². The van der Waals surface area contributed by atoms with Gasteiger partial charge >= 0.3 is 7.60 Å². The van der Waals surface area contributed by atoms with E-state index in [4.69, 9.17) is 9.79 Å². The van der Waals surface area contributed by atoms with Crippen LogP contribution in [0.3, 0.4) is 0 Å². The van der Waals surface area contributed by atoms with E-state index in [0.29, 0.717) is 0 Å². The van der Waals surface area contributed by atoms with E-state index in [1.165, 1.54) is 0 Å². The first-order chi connectivity index (χ1) is 7.11. The van der Waals surface area contributed by atoms with Gasteiger partial charge < -0.3 is 34.9 Å². The third-order valence-corrected chi connectivity index (χ3v) is 2.04. The number of nitrogens with one attached hydrogen (secondary N) is 1. The van der Waals surface area contributed by atoms with Crippen LogP contribution in [0.4, 0.5) is 0 Å². The van der Waals surface area contributed by atoms with E-state index in [1.807, 2.05) is 0 Å². The molecule has 1 unspecified atom stereocenters. The maximum atomic E-state index is 10.8. The van der Waals surface area contributed by atoms with E-state index >= 15 is 0 Å². The van der Waals surface area contributed by atoms with E-state index in [2.05, 4.69) is 0 Å². The molecule has 0 aliphatic heterocycles. The molecule has 0 fully saturated rings. The van der Waals surface area contributed by atoms with Gasteiger partial charge in [0, 0.05) is 12.4 Å². The molecule has 0 spiro atoms. The first-order valence-electron chi connectivity index (χ1n) is 3.86. The summed E-state index contributed by atoms with van der Waals surface area (Å²) < 4.78 is 10.4. The number of carboxylic acid groups (broad SMARTS) is 2. The van der Waals surface area contributed by atoms with Crippen LogP contribution in [0.1, 0.15) is 6.42 Å². The Morgan fingerprint density at radius 1 is 1.25 bits per heavy atom. The maximum absolute atomic E-state index is 10.8. The first kappa shape index (κ1) is 14.6. The maximum Gasteiger partial charge on any atom is 0.334 e. The van der Waals surface area contributed by atoms with E-state index in [9.17, 15) is 29.2 Å². The zero-order chi connectivity index (χ0) is 12.9. The molecule has 0 aromatic rings. The molecule has 0 saturated heterocycles. The van der Waals surface area contributed by atoms with Gasteiger partial charge in [-0.1, -0.05) is 0 Å². The van der Waals surface area contributed by atoms with E-state index in [1.54, 1.807) is 5.32 Å². The number of rotatable bonds is 6. The predicted molar refractivity (Wildman–Crippen MR) is 43.5 cm³/mol. The number of hydrogen-bond acceptors (Lipinski definition) is 6.